The second kappa shape index (κ2) is 8.72. The van der Waals surface area contributed by atoms with E-state index in [9.17, 15) is 14.9 Å². The number of thiocarbonyl (C=S) groups is 1. The molecule has 28 heavy (non-hydrogen) atoms. The summed E-state index contributed by atoms with van der Waals surface area (Å²) >= 11 is 6.37. The van der Waals surface area contributed by atoms with Crippen LogP contribution in [0.25, 0.3) is 10.2 Å². The largest absolute Gasteiger partial charge is 0.494 e. The minimum Gasteiger partial charge on any atom is -0.494 e. The van der Waals surface area contributed by atoms with Gasteiger partial charge in [0, 0.05) is 17.7 Å². The van der Waals surface area contributed by atoms with Crippen molar-refractivity contribution in [2.24, 2.45) is 0 Å². The summed E-state index contributed by atoms with van der Waals surface area (Å²) in [6.45, 7) is 2.63. The number of nitrogens with one attached hydrogen (secondary N) is 2. The number of carbonyl (C=O) groups excluding carboxylic acids is 1. The molecule has 3 aromatic rings. The Hall–Kier alpha value is -3.11. The van der Waals surface area contributed by atoms with Gasteiger partial charge < -0.3 is 10.1 Å². The lowest BCUT2D eigenvalue weighted by Gasteiger charge is -2.08. The van der Waals surface area contributed by atoms with Crippen LogP contribution in [0, 0.1) is 10.1 Å². The summed E-state index contributed by atoms with van der Waals surface area (Å²) in [4.78, 5) is 27.0. The number of ether oxygens (including phenoxy) is 1. The number of nitrogens with zero attached hydrogens (tertiary/aromatic N) is 2. The molecule has 0 unspecified atom stereocenters. The Morgan fingerprint density at radius 2 is 2.04 bits per heavy atom. The third kappa shape index (κ3) is 4.78. The van der Waals surface area contributed by atoms with Crippen molar-refractivity contribution >= 4 is 55.6 Å². The molecule has 144 valence electrons. The molecule has 3 rings (SSSR count). The third-order valence-electron chi connectivity index (χ3n) is 3.62. The van der Waals surface area contributed by atoms with Gasteiger partial charge in [-0.1, -0.05) is 18.3 Å². The third-order valence-corrected chi connectivity index (χ3v) is 4.76. The molecule has 0 aliphatic heterocycles. The van der Waals surface area contributed by atoms with Crippen LogP contribution >= 0.6 is 23.6 Å². The topological polar surface area (TPSA) is 106 Å². The zero-order valence-corrected chi connectivity index (χ0v) is 16.4. The van der Waals surface area contributed by atoms with Crippen molar-refractivity contribution in [3.05, 3.63) is 58.1 Å². The molecule has 0 bridgehead atoms. The van der Waals surface area contributed by atoms with Gasteiger partial charge in [-0.15, -0.1) is 0 Å². The van der Waals surface area contributed by atoms with Gasteiger partial charge in [0.2, 0.25) is 0 Å². The number of fused-ring (bicyclic) bond motifs is 1. The minimum absolute atomic E-state index is 0.00931. The zero-order valence-electron chi connectivity index (χ0n) is 14.8. The Morgan fingerprint density at radius 3 is 2.71 bits per heavy atom. The fourth-order valence-electron chi connectivity index (χ4n) is 2.31. The molecule has 0 saturated carbocycles. The van der Waals surface area contributed by atoms with Crippen LogP contribution in [0.2, 0.25) is 0 Å². The highest BCUT2D eigenvalue weighted by molar-refractivity contribution is 7.80. The monoisotopic (exact) mass is 416 g/mol. The molecule has 0 fully saturated rings. The van der Waals surface area contributed by atoms with Crippen molar-refractivity contribution in [1.29, 1.82) is 0 Å². The molecule has 0 aliphatic carbocycles. The van der Waals surface area contributed by atoms with E-state index < -0.39 is 4.92 Å². The molecule has 0 saturated heterocycles. The highest BCUT2D eigenvalue weighted by atomic mass is 32.1. The fraction of sp³-hybridized carbons (Fsp3) is 0.167. The molecule has 10 heteroatoms. The van der Waals surface area contributed by atoms with Crippen LogP contribution in [-0.2, 0) is 0 Å². The SMILES string of the molecule is CCCOc1ccc(C(=O)NC(=S)Nc2nc3ccc([N+](=O)[O-])cc3s2)cc1. The fourth-order valence-corrected chi connectivity index (χ4v) is 3.46. The smallest absolute Gasteiger partial charge is 0.270 e. The number of amides is 1. The lowest BCUT2D eigenvalue weighted by atomic mass is 10.2. The molecule has 0 spiro atoms. The summed E-state index contributed by atoms with van der Waals surface area (Å²) in [5, 5.41) is 16.8. The van der Waals surface area contributed by atoms with E-state index >= 15 is 0 Å². The molecule has 0 atom stereocenters. The summed E-state index contributed by atoms with van der Waals surface area (Å²) in [7, 11) is 0. The van der Waals surface area contributed by atoms with Crippen LogP contribution in [0.4, 0.5) is 10.8 Å². The maximum atomic E-state index is 12.3. The Kier molecular flexibility index (Phi) is 6.12. The first kappa shape index (κ1) is 19.6. The van der Waals surface area contributed by atoms with Crippen LogP contribution in [0.1, 0.15) is 23.7 Å². The predicted octanol–water partition coefficient (Wildman–Crippen LogP) is 4.12. The number of hydrogen-bond acceptors (Lipinski definition) is 7. The Labute approximate surface area is 169 Å². The maximum absolute atomic E-state index is 12.3. The summed E-state index contributed by atoms with van der Waals surface area (Å²) < 4.78 is 6.13. The van der Waals surface area contributed by atoms with Crippen molar-refractivity contribution in [3.63, 3.8) is 0 Å². The number of carbonyl (C=O) groups is 1. The van der Waals surface area contributed by atoms with Crippen molar-refractivity contribution in [1.82, 2.24) is 10.3 Å². The average Bonchev–Trinajstić information content (AvgIpc) is 3.07. The predicted molar refractivity (Wildman–Crippen MR) is 112 cm³/mol. The van der Waals surface area contributed by atoms with Gasteiger partial charge in [0.15, 0.2) is 10.2 Å². The number of nitro groups is 1. The molecule has 1 amide bonds. The van der Waals surface area contributed by atoms with Crippen LogP contribution in [0.3, 0.4) is 0 Å². The molecular formula is C18H16N4O4S2. The van der Waals surface area contributed by atoms with E-state index in [2.05, 4.69) is 15.6 Å². The van der Waals surface area contributed by atoms with Crippen LogP contribution in [0.5, 0.6) is 5.75 Å². The van der Waals surface area contributed by atoms with Gasteiger partial charge in [-0.3, -0.25) is 20.2 Å². The van der Waals surface area contributed by atoms with Crippen molar-refractivity contribution in [2.45, 2.75) is 13.3 Å². The minimum atomic E-state index is -0.463. The molecule has 0 aliphatic rings. The van der Waals surface area contributed by atoms with E-state index in [-0.39, 0.29) is 16.7 Å². The number of rotatable bonds is 6. The van der Waals surface area contributed by atoms with E-state index in [1.54, 1.807) is 30.3 Å². The zero-order chi connectivity index (χ0) is 20.1. The molecule has 0 radical (unpaired) electrons. The molecule has 2 N–H and O–H groups in total. The number of nitro benzene ring substituents is 1. The first-order valence-electron chi connectivity index (χ1n) is 8.36. The van der Waals surface area contributed by atoms with Crippen molar-refractivity contribution in [3.8, 4) is 5.75 Å². The van der Waals surface area contributed by atoms with E-state index in [4.69, 9.17) is 17.0 Å². The van der Waals surface area contributed by atoms with E-state index in [1.807, 2.05) is 6.92 Å². The van der Waals surface area contributed by atoms with Crippen LogP contribution in [0.15, 0.2) is 42.5 Å². The van der Waals surface area contributed by atoms with Gasteiger partial charge >= 0.3 is 0 Å². The maximum Gasteiger partial charge on any atom is 0.270 e. The van der Waals surface area contributed by atoms with Gasteiger partial charge in [-0.25, -0.2) is 4.98 Å². The van der Waals surface area contributed by atoms with E-state index in [0.29, 0.717) is 33.3 Å². The number of thiazole rings is 1. The molecule has 8 nitrogen and oxygen atoms in total. The Morgan fingerprint density at radius 1 is 1.29 bits per heavy atom. The molecular weight excluding hydrogens is 400 g/mol. The second-order valence-corrected chi connectivity index (χ2v) is 7.15. The standard InChI is InChI=1S/C18H16N4O4S2/c1-2-9-26-13-6-3-11(4-7-13)16(23)20-17(27)21-18-19-14-8-5-12(22(24)25)10-15(14)28-18/h3-8,10H,2,9H2,1H3,(H2,19,20,21,23,27). The Bertz CT molecular complexity index is 1030. The van der Waals surface area contributed by atoms with E-state index in [1.165, 1.54) is 23.5 Å². The first-order valence-corrected chi connectivity index (χ1v) is 9.59. The molecule has 1 aromatic heterocycles. The number of benzene rings is 2. The van der Waals surface area contributed by atoms with Gasteiger partial charge in [0.25, 0.3) is 11.6 Å². The summed E-state index contributed by atoms with van der Waals surface area (Å²) in [6, 6.07) is 11.2. The normalized spacial score (nSPS) is 10.5. The van der Waals surface area contributed by atoms with Crippen LogP contribution < -0.4 is 15.4 Å². The second-order valence-electron chi connectivity index (χ2n) is 5.71. The highest BCUT2D eigenvalue weighted by Gasteiger charge is 2.13. The highest BCUT2D eigenvalue weighted by Crippen LogP contribution is 2.29. The number of hydrogen-bond donors (Lipinski definition) is 2. The summed E-state index contributed by atoms with van der Waals surface area (Å²) in [5.74, 6) is 0.332. The number of anilines is 1. The Balaban J connectivity index is 1.62. The molecule has 1 heterocycles. The van der Waals surface area contributed by atoms with Crippen molar-refractivity contribution < 1.29 is 14.5 Å². The van der Waals surface area contributed by atoms with Gasteiger partial charge in [-0.2, -0.15) is 0 Å². The van der Waals surface area contributed by atoms with Gasteiger partial charge in [0.1, 0.15) is 5.75 Å². The number of non-ortho nitro benzene ring substituents is 1. The summed E-state index contributed by atoms with van der Waals surface area (Å²) in [6.07, 6.45) is 0.904. The van der Waals surface area contributed by atoms with Gasteiger partial charge in [0.05, 0.1) is 21.7 Å². The first-order chi connectivity index (χ1) is 13.5. The van der Waals surface area contributed by atoms with Crippen LogP contribution in [-0.4, -0.2) is 27.5 Å². The van der Waals surface area contributed by atoms with E-state index in [0.717, 1.165) is 6.42 Å². The lowest BCUT2D eigenvalue weighted by molar-refractivity contribution is -0.384. The quantitative estimate of drug-likeness (QED) is 0.354. The lowest BCUT2D eigenvalue weighted by Crippen LogP contribution is -2.34. The molecule has 2 aromatic carbocycles. The van der Waals surface area contributed by atoms with Gasteiger partial charge in [-0.05, 0) is 49.0 Å². The average molecular weight is 416 g/mol. The van der Waals surface area contributed by atoms with Crippen molar-refractivity contribution in [2.75, 3.05) is 11.9 Å². The summed E-state index contributed by atoms with van der Waals surface area (Å²) in [5.41, 5.74) is 1.03. The number of aromatic nitrogens is 1.